The number of nitrogens with zero attached hydrogens (tertiary/aromatic N) is 1. The average Bonchev–Trinajstić information content (AvgIpc) is 2.24. The van der Waals surface area contributed by atoms with E-state index < -0.39 is 34.4 Å². The van der Waals surface area contributed by atoms with Crippen LogP contribution in [0.1, 0.15) is 11.7 Å². The zero-order chi connectivity index (χ0) is 11.6. The summed E-state index contributed by atoms with van der Waals surface area (Å²) in [6, 6.07) is 3.09. The minimum atomic E-state index is -1.79. The monoisotopic (exact) mass is 233 g/mol. The van der Waals surface area contributed by atoms with E-state index in [2.05, 4.69) is 0 Å². The summed E-state index contributed by atoms with van der Waals surface area (Å²) in [4.78, 5) is 0. The molecule has 15 heavy (non-hydrogen) atoms. The Hall–Kier alpha value is -1.22. The van der Waals surface area contributed by atoms with Crippen molar-refractivity contribution in [2.75, 3.05) is 0 Å². The lowest BCUT2D eigenvalue weighted by molar-refractivity contribution is 0.0502. The Labute approximate surface area is 89.1 Å². The van der Waals surface area contributed by atoms with E-state index in [1.165, 1.54) is 6.07 Å². The molecule has 0 aromatic heterocycles. The van der Waals surface area contributed by atoms with Crippen molar-refractivity contribution in [3.8, 4) is 6.07 Å². The highest BCUT2D eigenvalue weighted by Gasteiger charge is 2.23. The summed E-state index contributed by atoms with van der Waals surface area (Å²) in [5.74, 6) is -2.16. The lowest BCUT2D eigenvalue weighted by Crippen LogP contribution is -2.17. The van der Waals surface area contributed by atoms with Gasteiger partial charge in [-0.25, -0.2) is 8.78 Å². The quantitative estimate of drug-likeness (QED) is 0.602. The predicted molar refractivity (Wildman–Crippen MR) is 47.9 cm³/mol. The van der Waals surface area contributed by atoms with Gasteiger partial charge in [-0.2, -0.15) is 5.26 Å². The van der Waals surface area contributed by atoms with Crippen LogP contribution in [0.25, 0.3) is 0 Å². The fourth-order valence-electron chi connectivity index (χ4n) is 1.01. The van der Waals surface area contributed by atoms with E-state index in [0.29, 0.717) is 0 Å². The minimum absolute atomic E-state index is 0.421. The number of nitriles is 1. The maximum atomic E-state index is 13.3. The third kappa shape index (κ3) is 2.23. The number of aliphatic hydroxyl groups excluding tert-OH is 2. The molecule has 1 aromatic rings. The third-order valence-electron chi connectivity index (χ3n) is 1.82. The molecule has 0 aliphatic carbocycles. The van der Waals surface area contributed by atoms with Gasteiger partial charge in [0, 0.05) is 5.56 Å². The van der Waals surface area contributed by atoms with Crippen molar-refractivity contribution in [3.63, 3.8) is 0 Å². The first-order valence-electron chi connectivity index (χ1n) is 3.88. The molecule has 0 saturated heterocycles. The topological polar surface area (TPSA) is 64.2 Å². The van der Waals surface area contributed by atoms with Gasteiger partial charge in [0.05, 0.1) is 6.07 Å². The number of benzene rings is 1. The molecule has 80 valence electrons. The zero-order valence-electron chi connectivity index (χ0n) is 7.28. The summed E-state index contributed by atoms with van der Waals surface area (Å²) in [7, 11) is 0. The first kappa shape index (κ1) is 11.9. The fourth-order valence-corrected chi connectivity index (χ4v) is 1.18. The molecule has 0 radical (unpaired) electrons. The van der Waals surface area contributed by atoms with Crippen LogP contribution in [0.5, 0.6) is 0 Å². The van der Waals surface area contributed by atoms with Crippen molar-refractivity contribution in [1.29, 1.82) is 5.26 Å². The van der Waals surface area contributed by atoms with Crippen LogP contribution in [-0.2, 0) is 0 Å². The molecule has 6 heteroatoms. The maximum Gasteiger partial charge on any atom is 0.170 e. The number of aliphatic hydroxyl groups is 2. The van der Waals surface area contributed by atoms with Crippen LogP contribution in [0.2, 0.25) is 5.02 Å². The van der Waals surface area contributed by atoms with E-state index in [4.69, 9.17) is 22.0 Å². The molecular weight excluding hydrogens is 228 g/mol. The SMILES string of the molecule is N#CC(O)C(O)c1ccc(F)c(Cl)c1F. The second-order valence-electron chi connectivity index (χ2n) is 2.78. The van der Waals surface area contributed by atoms with Gasteiger partial charge in [-0.1, -0.05) is 17.7 Å². The van der Waals surface area contributed by atoms with E-state index in [0.717, 1.165) is 12.1 Å². The fraction of sp³-hybridized carbons (Fsp3) is 0.222. The summed E-state index contributed by atoms with van der Waals surface area (Å²) < 4.78 is 26.0. The normalized spacial score (nSPS) is 14.4. The third-order valence-corrected chi connectivity index (χ3v) is 2.16. The molecule has 2 N–H and O–H groups in total. The molecule has 0 bridgehead atoms. The molecule has 0 aliphatic heterocycles. The second-order valence-corrected chi connectivity index (χ2v) is 3.16. The van der Waals surface area contributed by atoms with Crippen molar-refractivity contribution in [2.45, 2.75) is 12.2 Å². The van der Waals surface area contributed by atoms with E-state index >= 15 is 0 Å². The van der Waals surface area contributed by atoms with Crippen molar-refractivity contribution in [1.82, 2.24) is 0 Å². The van der Waals surface area contributed by atoms with E-state index in [1.807, 2.05) is 0 Å². The molecular formula is C9H6ClF2NO2. The molecule has 2 unspecified atom stereocenters. The molecule has 3 nitrogen and oxygen atoms in total. The highest BCUT2D eigenvalue weighted by atomic mass is 35.5. The lowest BCUT2D eigenvalue weighted by Gasteiger charge is -2.13. The van der Waals surface area contributed by atoms with Crippen LogP contribution in [0.3, 0.4) is 0 Å². The van der Waals surface area contributed by atoms with Crippen molar-refractivity contribution in [2.24, 2.45) is 0 Å². The largest absolute Gasteiger partial charge is 0.384 e. The van der Waals surface area contributed by atoms with Crippen molar-refractivity contribution >= 4 is 11.6 Å². The Kier molecular flexibility index (Phi) is 3.58. The lowest BCUT2D eigenvalue weighted by atomic mass is 10.0. The Morgan fingerprint density at radius 1 is 1.33 bits per heavy atom. The van der Waals surface area contributed by atoms with Gasteiger partial charge in [-0.15, -0.1) is 0 Å². The van der Waals surface area contributed by atoms with Gasteiger partial charge in [0.2, 0.25) is 0 Å². The van der Waals surface area contributed by atoms with E-state index in [9.17, 15) is 13.9 Å². The minimum Gasteiger partial charge on any atom is -0.384 e. The molecule has 2 atom stereocenters. The van der Waals surface area contributed by atoms with Crippen LogP contribution < -0.4 is 0 Å². The molecule has 0 saturated carbocycles. The van der Waals surface area contributed by atoms with Gasteiger partial charge in [-0.3, -0.25) is 0 Å². The summed E-state index contributed by atoms with van der Waals surface area (Å²) >= 11 is 5.25. The van der Waals surface area contributed by atoms with Gasteiger partial charge in [0.15, 0.2) is 11.9 Å². The zero-order valence-corrected chi connectivity index (χ0v) is 8.04. The summed E-state index contributed by atoms with van der Waals surface area (Å²) in [6.45, 7) is 0. The maximum absolute atomic E-state index is 13.3. The highest BCUT2D eigenvalue weighted by molar-refractivity contribution is 6.30. The Balaban J connectivity index is 3.17. The van der Waals surface area contributed by atoms with E-state index in [-0.39, 0.29) is 0 Å². The standard InChI is InChI=1S/C9H6ClF2NO2/c10-7-5(11)2-1-4(8(7)12)9(15)6(14)3-13/h1-2,6,9,14-15H. The highest BCUT2D eigenvalue weighted by Crippen LogP contribution is 2.27. The van der Waals surface area contributed by atoms with Gasteiger partial charge >= 0.3 is 0 Å². The molecule has 1 aromatic carbocycles. The summed E-state index contributed by atoms with van der Waals surface area (Å²) in [5, 5.41) is 25.8. The van der Waals surface area contributed by atoms with Crippen molar-refractivity contribution in [3.05, 3.63) is 34.4 Å². The number of rotatable bonds is 2. The van der Waals surface area contributed by atoms with Crippen LogP contribution >= 0.6 is 11.6 Å². The molecule has 0 aliphatic rings. The number of hydrogen-bond acceptors (Lipinski definition) is 3. The van der Waals surface area contributed by atoms with Crippen LogP contribution in [0.15, 0.2) is 12.1 Å². The first-order valence-corrected chi connectivity index (χ1v) is 4.26. The Bertz CT molecular complexity index is 419. The predicted octanol–water partition coefficient (Wildman–Crippen LogP) is 1.54. The molecule has 0 amide bonds. The Morgan fingerprint density at radius 2 is 1.93 bits per heavy atom. The first-order chi connectivity index (χ1) is 6.99. The van der Waals surface area contributed by atoms with Gasteiger partial charge in [0.1, 0.15) is 16.9 Å². The van der Waals surface area contributed by atoms with Crippen LogP contribution in [0, 0.1) is 23.0 Å². The smallest absolute Gasteiger partial charge is 0.170 e. The average molecular weight is 234 g/mol. The second kappa shape index (κ2) is 4.53. The van der Waals surface area contributed by atoms with Crippen LogP contribution in [-0.4, -0.2) is 16.3 Å². The Morgan fingerprint density at radius 3 is 2.47 bits per heavy atom. The number of hydrogen-bond donors (Lipinski definition) is 2. The van der Waals surface area contributed by atoms with Gasteiger partial charge in [0.25, 0.3) is 0 Å². The summed E-state index contributed by atoms with van der Waals surface area (Å²) in [6.07, 6.45) is -3.55. The van der Waals surface area contributed by atoms with E-state index in [1.54, 1.807) is 0 Å². The van der Waals surface area contributed by atoms with Gasteiger partial charge in [-0.05, 0) is 6.07 Å². The van der Waals surface area contributed by atoms with Crippen molar-refractivity contribution < 1.29 is 19.0 Å². The van der Waals surface area contributed by atoms with Gasteiger partial charge < -0.3 is 10.2 Å². The molecule has 0 spiro atoms. The summed E-state index contributed by atoms with van der Waals surface area (Å²) in [5.41, 5.74) is -0.421. The molecule has 1 rings (SSSR count). The number of halogens is 3. The molecule has 0 heterocycles. The van der Waals surface area contributed by atoms with Crippen LogP contribution in [0.4, 0.5) is 8.78 Å². The molecule has 0 fully saturated rings.